The number of piperazine rings is 1. The van der Waals surface area contributed by atoms with Gasteiger partial charge in [0, 0.05) is 30.9 Å². The summed E-state index contributed by atoms with van der Waals surface area (Å²) in [6.07, 6.45) is 0. The first-order valence-corrected chi connectivity index (χ1v) is 10.5. The standard InChI is InChI=1S/C21H22N4O2S/c1-15-10-20(7-6-19(15)12-23)24-13-17(3)25(14-16(24)2)28(26,27)21-8-4-18(11-22)5-9-21/h4-10,16-17H,13-14H2,1-3H3/t16-,17+/m0/s1. The van der Waals surface area contributed by atoms with Crippen molar-refractivity contribution in [2.45, 2.75) is 37.8 Å². The second-order valence-corrected chi connectivity index (χ2v) is 9.06. The van der Waals surface area contributed by atoms with E-state index in [1.807, 2.05) is 45.0 Å². The van der Waals surface area contributed by atoms with Gasteiger partial charge in [-0.05, 0) is 68.8 Å². The minimum atomic E-state index is -3.64. The van der Waals surface area contributed by atoms with Crippen LogP contribution >= 0.6 is 0 Å². The lowest BCUT2D eigenvalue weighted by Crippen LogP contribution is -2.58. The molecule has 144 valence electrons. The minimum absolute atomic E-state index is 0.0170. The molecule has 1 saturated heterocycles. The second kappa shape index (κ2) is 7.63. The van der Waals surface area contributed by atoms with Gasteiger partial charge in [0.15, 0.2) is 0 Å². The highest BCUT2D eigenvalue weighted by atomic mass is 32.2. The van der Waals surface area contributed by atoms with Crippen molar-refractivity contribution >= 4 is 15.7 Å². The minimum Gasteiger partial charge on any atom is -0.366 e. The Balaban J connectivity index is 1.85. The summed E-state index contributed by atoms with van der Waals surface area (Å²) in [7, 11) is -3.64. The van der Waals surface area contributed by atoms with E-state index in [0.29, 0.717) is 24.2 Å². The van der Waals surface area contributed by atoms with Gasteiger partial charge in [0.2, 0.25) is 10.0 Å². The lowest BCUT2D eigenvalue weighted by Gasteiger charge is -2.44. The first-order chi connectivity index (χ1) is 13.3. The van der Waals surface area contributed by atoms with E-state index in [1.54, 1.807) is 0 Å². The van der Waals surface area contributed by atoms with Crippen molar-refractivity contribution in [3.63, 3.8) is 0 Å². The van der Waals surface area contributed by atoms with Crippen LogP contribution in [0.3, 0.4) is 0 Å². The number of hydrogen-bond donors (Lipinski definition) is 0. The molecule has 6 nitrogen and oxygen atoms in total. The number of hydrogen-bond acceptors (Lipinski definition) is 5. The predicted molar refractivity (Wildman–Crippen MR) is 107 cm³/mol. The van der Waals surface area contributed by atoms with E-state index >= 15 is 0 Å². The first kappa shape index (κ1) is 19.9. The third kappa shape index (κ3) is 3.60. The number of rotatable bonds is 3. The van der Waals surface area contributed by atoms with Crippen molar-refractivity contribution in [2.24, 2.45) is 0 Å². The molecule has 7 heteroatoms. The molecule has 0 spiro atoms. The maximum atomic E-state index is 13.1. The monoisotopic (exact) mass is 394 g/mol. The van der Waals surface area contributed by atoms with Gasteiger partial charge in [-0.25, -0.2) is 8.42 Å². The molecule has 0 aromatic heterocycles. The normalized spacial score (nSPS) is 20.4. The van der Waals surface area contributed by atoms with Crippen molar-refractivity contribution in [3.05, 3.63) is 59.2 Å². The molecule has 2 aromatic rings. The van der Waals surface area contributed by atoms with Crippen LogP contribution in [0.15, 0.2) is 47.4 Å². The lowest BCUT2D eigenvalue weighted by atomic mass is 10.1. The maximum Gasteiger partial charge on any atom is 0.243 e. The zero-order chi connectivity index (χ0) is 20.5. The summed E-state index contributed by atoms with van der Waals surface area (Å²) in [6.45, 7) is 6.73. The molecule has 1 heterocycles. The average molecular weight is 395 g/mol. The fourth-order valence-corrected chi connectivity index (χ4v) is 5.28. The zero-order valence-electron chi connectivity index (χ0n) is 16.1. The summed E-state index contributed by atoms with van der Waals surface area (Å²) in [4.78, 5) is 2.39. The summed E-state index contributed by atoms with van der Waals surface area (Å²) in [5.74, 6) is 0. The molecule has 28 heavy (non-hydrogen) atoms. The van der Waals surface area contributed by atoms with Gasteiger partial charge in [-0.3, -0.25) is 0 Å². The van der Waals surface area contributed by atoms with E-state index in [1.165, 1.54) is 28.6 Å². The highest BCUT2D eigenvalue weighted by Gasteiger charge is 2.37. The Morgan fingerprint density at radius 1 is 0.964 bits per heavy atom. The van der Waals surface area contributed by atoms with Crippen LogP contribution in [0.4, 0.5) is 5.69 Å². The van der Waals surface area contributed by atoms with Gasteiger partial charge < -0.3 is 4.90 Å². The number of nitrogens with zero attached hydrogens (tertiary/aromatic N) is 4. The molecule has 2 aromatic carbocycles. The molecular formula is C21H22N4O2S. The summed E-state index contributed by atoms with van der Waals surface area (Å²) in [6, 6.07) is 15.7. The summed E-state index contributed by atoms with van der Waals surface area (Å²) >= 11 is 0. The van der Waals surface area contributed by atoms with Crippen LogP contribution in [0.2, 0.25) is 0 Å². The summed E-state index contributed by atoms with van der Waals surface area (Å²) in [5, 5.41) is 18.0. The van der Waals surface area contributed by atoms with E-state index in [-0.39, 0.29) is 17.0 Å². The average Bonchev–Trinajstić information content (AvgIpc) is 2.69. The number of anilines is 1. The lowest BCUT2D eigenvalue weighted by molar-refractivity contribution is 0.273. The Morgan fingerprint density at radius 3 is 2.21 bits per heavy atom. The van der Waals surface area contributed by atoms with E-state index < -0.39 is 10.0 Å². The van der Waals surface area contributed by atoms with Gasteiger partial charge in [0.05, 0.1) is 28.2 Å². The number of benzene rings is 2. The SMILES string of the molecule is Cc1cc(N2C[C@@H](C)N(S(=O)(=O)c3ccc(C#N)cc3)C[C@@H]2C)ccc1C#N. The molecule has 2 atom stereocenters. The molecule has 1 aliphatic rings. The van der Waals surface area contributed by atoms with Gasteiger partial charge in [-0.1, -0.05) is 0 Å². The third-order valence-electron chi connectivity index (χ3n) is 5.18. The van der Waals surface area contributed by atoms with E-state index in [4.69, 9.17) is 10.5 Å². The third-order valence-corrected chi connectivity index (χ3v) is 7.18. The molecule has 0 bridgehead atoms. The van der Waals surface area contributed by atoms with Crippen molar-refractivity contribution in [1.82, 2.24) is 4.31 Å². The summed E-state index contributed by atoms with van der Waals surface area (Å²) < 4.78 is 27.8. The van der Waals surface area contributed by atoms with Crippen molar-refractivity contribution in [3.8, 4) is 12.1 Å². The molecule has 0 saturated carbocycles. The fourth-order valence-electron chi connectivity index (χ4n) is 3.58. The van der Waals surface area contributed by atoms with Crippen molar-refractivity contribution in [2.75, 3.05) is 18.0 Å². The van der Waals surface area contributed by atoms with Gasteiger partial charge in [0.25, 0.3) is 0 Å². The molecule has 0 unspecified atom stereocenters. The maximum absolute atomic E-state index is 13.1. The fraction of sp³-hybridized carbons (Fsp3) is 0.333. The van der Waals surface area contributed by atoms with Crippen molar-refractivity contribution in [1.29, 1.82) is 10.5 Å². The second-order valence-electron chi connectivity index (χ2n) is 7.17. The Bertz CT molecular complexity index is 1070. The van der Waals surface area contributed by atoms with Crippen LogP contribution in [0.25, 0.3) is 0 Å². The number of nitriles is 2. The Morgan fingerprint density at radius 2 is 1.64 bits per heavy atom. The molecule has 0 radical (unpaired) electrons. The van der Waals surface area contributed by atoms with E-state index in [0.717, 1.165) is 11.3 Å². The molecule has 0 aliphatic carbocycles. The Hall–Kier alpha value is -2.87. The Labute approximate surface area is 166 Å². The highest BCUT2D eigenvalue weighted by Crippen LogP contribution is 2.29. The van der Waals surface area contributed by atoms with Gasteiger partial charge in [0.1, 0.15) is 0 Å². The Kier molecular flexibility index (Phi) is 5.42. The topological polar surface area (TPSA) is 88.2 Å². The van der Waals surface area contributed by atoms with Gasteiger partial charge in [-0.2, -0.15) is 14.8 Å². The van der Waals surface area contributed by atoms with Gasteiger partial charge >= 0.3 is 0 Å². The van der Waals surface area contributed by atoms with Crippen LogP contribution in [0, 0.1) is 29.6 Å². The molecule has 3 rings (SSSR count). The van der Waals surface area contributed by atoms with Crippen molar-refractivity contribution < 1.29 is 8.42 Å². The molecule has 1 fully saturated rings. The molecular weight excluding hydrogens is 372 g/mol. The number of sulfonamides is 1. The molecule has 0 N–H and O–H groups in total. The molecule has 1 aliphatic heterocycles. The quantitative estimate of drug-likeness (QED) is 0.798. The first-order valence-electron chi connectivity index (χ1n) is 9.07. The van der Waals surface area contributed by atoms with Gasteiger partial charge in [-0.15, -0.1) is 0 Å². The van der Waals surface area contributed by atoms with Crippen LogP contribution in [-0.2, 0) is 10.0 Å². The highest BCUT2D eigenvalue weighted by molar-refractivity contribution is 7.89. The number of aryl methyl sites for hydroxylation is 1. The van der Waals surface area contributed by atoms with Crippen LogP contribution in [0.1, 0.15) is 30.5 Å². The molecule has 0 amide bonds. The van der Waals surface area contributed by atoms with Crippen LogP contribution < -0.4 is 4.90 Å². The summed E-state index contributed by atoms with van der Waals surface area (Å²) in [5.41, 5.74) is 2.98. The van der Waals surface area contributed by atoms with E-state index in [9.17, 15) is 8.42 Å². The van der Waals surface area contributed by atoms with Crippen LogP contribution in [-0.4, -0.2) is 37.9 Å². The predicted octanol–water partition coefficient (Wildman–Crippen LogP) is 3.03. The smallest absolute Gasteiger partial charge is 0.243 e. The zero-order valence-corrected chi connectivity index (χ0v) is 16.9. The van der Waals surface area contributed by atoms with E-state index in [2.05, 4.69) is 11.0 Å². The van der Waals surface area contributed by atoms with Crippen LogP contribution in [0.5, 0.6) is 0 Å². The largest absolute Gasteiger partial charge is 0.366 e.